The van der Waals surface area contributed by atoms with Gasteiger partial charge in [-0.2, -0.15) is 5.26 Å². The molecular weight excluding hydrogens is 516 g/mol. The van der Waals surface area contributed by atoms with Crippen LogP contribution in [0, 0.1) is 11.3 Å². The zero-order chi connectivity index (χ0) is 27.4. The molecule has 9 nitrogen and oxygen atoms in total. The summed E-state index contributed by atoms with van der Waals surface area (Å²) in [5, 5.41) is 13.4. The van der Waals surface area contributed by atoms with E-state index in [9.17, 15) is 14.9 Å². The molecule has 2 N–H and O–H groups in total. The molecule has 0 aliphatic carbocycles. The molecule has 1 aliphatic rings. The molecule has 1 saturated heterocycles. The van der Waals surface area contributed by atoms with Crippen molar-refractivity contribution in [3.05, 3.63) is 88.9 Å². The largest absolute Gasteiger partial charge is 0.457 e. The predicted octanol–water partition coefficient (Wildman–Crippen LogP) is 5.51. The van der Waals surface area contributed by atoms with Gasteiger partial charge >= 0.3 is 0 Å². The van der Waals surface area contributed by atoms with Gasteiger partial charge in [-0.3, -0.25) is 9.59 Å². The molecule has 5 rings (SSSR count). The number of anilines is 1. The normalized spacial score (nSPS) is 15.3. The first kappa shape index (κ1) is 25.9. The molecule has 2 aromatic carbocycles. The van der Waals surface area contributed by atoms with Crippen LogP contribution in [-0.4, -0.2) is 50.7 Å². The van der Waals surface area contributed by atoms with E-state index in [1.165, 1.54) is 12.4 Å². The molecule has 1 fully saturated rings. The fraction of sp³-hybridized carbons (Fsp3) is 0.207. The average Bonchev–Trinajstić information content (AvgIpc) is 3.60. The zero-order valence-electron chi connectivity index (χ0n) is 21.1. The summed E-state index contributed by atoms with van der Waals surface area (Å²) in [6, 6.07) is 16.1. The van der Waals surface area contributed by atoms with Crippen molar-refractivity contribution in [1.82, 2.24) is 19.9 Å². The van der Waals surface area contributed by atoms with E-state index in [2.05, 4.69) is 20.3 Å². The van der Waals surface area contributed by atoms with Gasteiger partial charge in [0.2, 0.25) is 0 Å². The highest BCUT2D eigenvalue weighted by Crippen LogP contribution is 2.31. The van der Waals surface area contributed by atoms with Gasteiger partial charge in [0.25, 0.3) is 5.91 Å². The number of carbonyl (C=O) groups excluding carboxylic acids is 2. The smallest absolute Gasteiger partial charge is 0.264 e. The maximum atomic E-state index is 13.6. The number of halogens is 1. The minimum absolute atomic E-state index is 0.115. The number of benzene rings is 2. The van der Waals surface area contributed by atoms with Crippen molar-refractivity contribution in [3.63, 3.8) is 0 Å². The van der Waals surface area contributed by atoms with Crippen LogP contribution in [0.15, 0.2) is 72.7 Å². The number of likely N-dealkylation sites (tertiary alicyclic amines) is 1. The van der Waals surface area contributed by atoms with Gasteiger partial charge in [0.1, 0.15) is 40.9 Å². The lowest BCUT2D eigenvalue weighted by molar-refractivity contribution is -0.127. The van der Waals surface area contributed by atoms with Gasteiger partial charge in [-0.25, -0.2) is 9.97 Å². The number of ether oxygens (including phenoxy) is 1. The summed E-state index contributed by atoms with van der Waals surface area (Å²) in [7, 11) is 0. The average molecular weight is 541 g/mol. The molecule has 0 radical (unpaired) electrons. The van der Waals surface area contributed by atoms with Crippen molar-refractivity contribution in [2.75, 3.05) is 18.4 Å². The second kappa shape index (κ2) is 11.4. The Bertz CT molecular complexity index is 1610. The molecule has 0 spiro atoms. The minimum atomic E-state index is -0.292. The van der Waals surface area contributed by atoms with Crippen molar-refractivity contribution in [2.24, 2.45) is 0 Å². The van der Waals surface area contributed by atoms with Gasteiger partial charge in [0.05, 0.1) is 16.0 Å². The number of hydrogen-bond donors (Lipinski definition) is 2. The SMILES string of the molecule is C/C=C(\C#N)C(=O)N1CCCC1CNc1ncnc2[nH]cc(C(=O)c3ccc(Oc4ccccc4)cc3Cl)c12. The van der Waals surface area contributed by atoms with E-state index in [1.54, 1.807) is 36.2 Å². The van der Waals surface area contributed by atoms with Gasteiger partial charge in [-0.05, 0) is 44.0 Å². The fourth-order valence-electron chi connectivity index (χ4n) is 4.71. The first-order valence-electron chi connectivity index (χ1n) is 12.5. The number of aromatic amines is 1. The first-order chi connectivity index (χ1) is 19.0. The molecule has 1 amide bonds. The minimum Gasteiger partial charge on any atom is -0.457 e. The Morgan fingerprint density at radius 1 is 1.21 bits per heavy atom. The summed E-state index contributed by atoms with van der Waals surface area (Å²) in [4.78, 5) is 39.8. The number of aromatic nitrogens is 3. The topological polar surface area (TPSA) is 124 Å². The quantitative estimate of drug-likeness (QED) is 0.171. The highest BCUT2D eigenvalue weighted by molar-refractivity contribution is 6.35. The molecule has 1 aliphatic heterocycles. The Hall–Kier alpha value is -4.68. The molecule has 10 heteroatoms. The van der Waals surface area contributed by atoms with Crippen molar-refractivity contribution in [1.29, 1.82) is 5.26 Å². The molecule has 0 bridgehead atoms. The number of rotatable bonds is 8. The van der Waals surface area contributed by atoms with Crippen LogP contribution in [0.4, 0.5) is 5.82 Å². The number of para-hydroxylation sites is 1. The van der Waals surface area contributed by atoms with Crippen LogP contribution in [0.5, 0.6) is 11.5 Å². The highest BCUT2D eigenvalue weighted by Gasteiger charge is 2.30. The number of amides is 1. The van der Waals surface area contributed by atoms with E-state index in [1.807, 2.05) is 36.4 Å². The molecule has 3 heterocycles. The maximum Gasteiger partial charge on any atom is 0.264 e. The number of hydrogen-bond acceptors (Lipinski definition) is 7. The van der Waals surface area contributed by atoms with Crippen LogP contribution in [0.25, 0.3) is 11.0 Å². The number of fused-ring (bicyclic) bond motifs is 1. The standard InChI is InChI=1S/C29H25ClN6O3/c1-2-18(14-31)29(38)36-12-6-7-19(36)15-32-27-25-23(16-33-28(25)35-17-34-27)26(37)22-11-10-21(13-24(22)30)39-20-8-4-3-5-9-20/h2-5,8-11,13,16-17,19H,6-7,12,15H2,1H3,(H2,32,33,34,35)/b18-2+. The highest BCUT2D eigenvalue weighted by atomic mass is 35.5. The van der Waals surface area contributed by atoms with Crippen LogP contribution in [0.1, 0.15) is 35.7 Å². The summed E-state index contributed by atoms with van der Waals surface area (Å²) in [6.45, 7) is 2.67. The summed E-state index contributed by atoms with van der Waals surface area (Å²) < 4.78 is 5.83. The monoisotopic (exact) mass is 540 g/mol. The van der Waals surface area contributed by atoms with Crippen LogP contribution in [0.3, 0.4) is 0 Å². The Balaban J connectivity index is 1.37. The Kier molecular flexibility index (Phi) is 7.57. The summed E-state index contributed by atoms with van der Waals surface area (Å²) in [5.41, 5.74) is 1.31. The van der Waals surface area contributed by atoms with E-state index in [0.29, 0.717) is 52.6 Å². The lowest BCUT2D eigenvalue weighted by Gasteiger charge is -2.25. The number of nitrogens with one attached hydrogen (secondary N) is 2. The third kappa shape index (κ3) is 5.33. The Morgan fingerprint density at radius 3 is 2.77 bits per heavy atom. The summed E-state index contributed by atoms with van der Waals surface area (Å²) in [5.74, 6) is 1.08. The van der Waals surface area contributed by atoms with Crippen molar-refractivity contribution >= 4 is 40.1 Å². The number of ketones is 1. The van der Waals surface area contributed by atoms with Crippen molar-refractivity contribution in [3.8, 4) is 17.6 Å². The molecule has 4 aromatic rings. The van der Waals surface area contributed by atoms with Gasteiger partial charge < -0.3 is 19.9 Å². The number of nitrogens with zero attached hydrogens (tertiary/aromatic N) is 4. The fourth-order valence-corrected chi connectivity index (χ4v) is 4.97. The Morgan fingerprint density at radius 2 is 2.03 bits per heavy atom. The van der Waals surface area contributed by atoms with Gasteiger partial charge in [0.15, 0.2) is 5.78 Å². The lowest BCUT2D eigenvalue weighted by atomic mass is 10.0. The van der Waals surface area contributed by atoms with Crippen LogP contribution in [-0.2, 0) is 4.79 Å². The number of allylic oxidation sites excluding steroid dienone is 1. The molecule has 1 unspecified atom stereocenters. The van der Waals surface area contributed by atoms with Gasteiger partial charge in [-0.1, -0.05) is 35.9 Å². The maximum absolute atomic E-state index is 13.6. The molecule has 2 aromatic heterocycles. The summed E-state index contributed by atoms with van der Waals surface area (Å²) in [6.07, 6.45) is 6.16. The predicted molar refractivity (Wildman–Crippen MR) is 148 cm³/mol. The van der Waals surface area contributed by atoms with Gasteiger partial charge in [0, 0.05) is 37.0 Å². The van der Waals surface area contributed by atoms with Gasteiger partial charge in [-0.15, -0.1) is 0 Å². The molecular formula is C29H25ClN6O3. The van der Waals surface area contributed by atoms with Crippen molar-refractivity contribution < 1.29 is 14.3 Å². The lowest BCUT2D eigenvalue weighted by Crippen LogP contribution is -2.40. The molecule has 196 valence electrons. The third-order valence-electron chi connectivity index (χ3n) is 6.66. The van der Waals surface area contributed by atoms with Crippen LogP contribution in [0.2, 0.25) is 5.02 Å². The van der Waals surface area contributed by atoms with Crippen molar-refractivity contribution in [2.45, 2.75) is 25.8 Å². The number of nitriles is 1. The summed E-state index contributed by atoms with van der Waals surface area (Å²) >= 11 is 6.52. The Labute approximate surface area is 230 Å². The van der Waals surface area contributed by atoms with E-state index in [0.717, 1.165) is 12.8 Å². The van der Waals surface area contributed by atoms with E-state index >= 15 is 0 Å². The molecule has 39 heavy (non-hydrogen) atoms. The number of carbonyl (C=O) groups is 2. The van der Waals surface area contributed by atoms with E-state index in [-0.39, 0.29) is 28.3 Å². The van der Waals surface area contributed by atoms with Crippen LogP contribution < -0.4 is 10.1 Å². The first-order valence-corrected chi connectivity index (χ1v) is 12.9. The second-order valence-corrected chi connectivity index (χ2v) is 9.43. The molecule has 1 atom stereocenters. The molecule has 0 saturated carbocycles. The third-order valence-corrected chi connectivity index (χ3v) is 6.97. The van der Waals surface area contributed by atoms with E-state index < -0.39 is 0 Å². The zero-order valence-corrected chi connectivity index (χ0v) is 21.9. The number of H-pyrrole nitrogens is 1. The second-order valence-electron chi connectivity index (χ2n) is 9.02. The van der Waals surface area contributed by atoms with E-state index in [4.69, 9.17) is 16.3 Å². The van der Waals surface area contributed by atoms with Crippen LogP contribution >= 0.6 is 11.6 Å².